The first-order chi connectivity index (χ1) is 14.1. The molecular weight excluding hydrogens is 366 g/mol. The molecule has 29 heavy (non-hydrogen) atoms. The molecule has 0 aromatic heterocycles. The van der Waals surface area contributed by atoms with Crippen molar-refractivity contribution >= 4 is 23.1 Å². The Balaban J connectivity index is 1.72. The number of carbonyl (C=O) groups excluding carboxylic acids is 2. The highest BCUT2D eigenvalue weighted by Crippen LogP contribution is 2.33. The SMILES string of the molecule is CCN1CCN(C=C2C(=O)N(c3ccc(OC)cc3)C(=O)c3ccccc32)CC1. The van der Waals surface area contributed by atoms with Crippen molar-refractivity contribution in [1.82, 2.24) is 9.80 Å². The number of hydrogen-bond donors (Lipinski definition) is 0. The summed E-state index contributed by atoms with van der Waals surface area (Å²) in [4.78, 5) is 32.4. The maximum absolute atomic E-state index is 13.4. The first-order valence-electron chi connectivity index (χ1n) is 9.93. The van der Waals surface area contributed by atoms with Crippen molar-refractivity contribution in [2.75, 3.05) is 44.7 Å². The molecule has 6 heteroatoms. The molecule has 0 unspecified atom stereocenters. The second-order valence-corrected chi connectivity index (χ2v) is 7.20. The van der Waals surface area contributed by atoms with Gasteiger partial charge < -0.3 is 14.5 Å². The third-order valence-electron chi connectivity index (χ3n) is 5.58. The number of methoxy groups -OCH3 is 1. The maximum Gasteiger partial charge on any atom is 0.267 e. The summed E-state index contributed by atoms with van der Waals surface area (Å²) in [6, 6.07) is 14.3. The van der Waals surface area contributed by atoms with Crippen molar-refractivity contribution in [3.8, 4) is 5.75 Å². The van der Waals surface area contributed by atoms with Crippen molar-refractivity contribution < 1.29 is 14.3 Å². The quantitative estimate of drug-likeness (QED) is 0.593. The van der Waals surface area contributed by atoms with E-state index < -0.39 is 0 Å². The molecular formula is C23H25N3O3. The molecule has 0 saturated carbocycles. The van der Waals surface area contributed by atoms with E-state index in [0.717, 1.165) is 32.7 Å². The van der Waals surface area contributed by atoms with Crippen LogP contribution in [0, 0.1) is 0 Å². The molecule has 0 bridgehead atoms. The van der Waals surface area contributed by atoms with E-state index in [2.05, 4.69) is 16.7 Å². The average molecular weight is 391 g/mol. The maximum atomic E-state index is 13.4. The molecule has 2 aliphatic rings. The van der Waals surface area contributed by atoms with Crippen molar-refractivity contribution in [3.63, 3.8) is 0 Å². The number of likely N-dealkylation sites (N-methyl/N-ethyl adjacent to an activating group) is 1. The summed E-state index contributed by atoms with van der Waals surface area (Å²) in [5.74, 6) is 0.0797. The van der Waals surface area contributed by atoms with Gasteiger partial charge in [-0.3, -0.25) is 9.59 Å². The van der Waals surface area contributed by atoms with E-state index in [-0.39, 0.29) is 11.8 Å². The summed E-state index contributed by atoms with van der Waals surface area (Å²) in [7, 11) is 1.58. The van der Waals surface area contributed by atoms with E-state index in [9.17, 15) is 9.59 Å². The second-order valence-electron chi connectivity index (χ2n) is 7.20. The molecule has 2 aromatic rings. The number of ether oxygens (including phenoxy) is 1. The number of piperazine rings is 1. The summed E-state index contributed by atoms with van der Waals surface area (Å²) in [5.41, 5.74) is 2.34. The van der Waals surface area contributed by atoms with Gasteiger partial charge >= 0.3 is 0 Å². The molecule has 2 amide bonds. The molecule has 4 rings (SSSR count). The fourth-order valence-electron chi connectivity index (χ4n) is 3.83. The van der Waals surface area contributed by atoms with Gasteiger partial charge in [0, 0.05) is 43.5 Å². The van der Waals surface area contributed by atoms with Crippen LogP contribution in [-0.4, -0.2) is 61.4 Å². The number of amides is 2. The summed E-state index contributed by atoms with van der Waals surface area (Å²) >= 11 is 0. The van der Waals surface area contributed by atoms with E-state index in [0.29, 0.717) is 28.1 Å². The lowest BCUT2D eigenvalue weighted by Crippen LogP contribution is -2.45. The predicted molar refractivity (Wildman–Crippen MR) is 113 cm³/mol. The minimum atomic E-state index is -0.302. The van der Waals surface area contributed by atoms with Gasteiger partial charge in [0.05, 0.1) is 18.4 Å². The van der Waals surface area contributed by atoms with Crippen LogP contribution in [0.5, 0.6) is 5.75 Å². The lowest BCUT2D eigenvalue weighted by Gasteiger charge is -2.35. The largest absolute Gasteiger partial charge is 0.497 e. The minimum absolute atomic E-state index is 0.295. The molecule has 0 atom stereocenters. The predicted octanol–water partition coefficient (Wildman–Crippen LogP) is 2.86. The molecule has 2 heterocycles. The zero-order valence-corrected chi connectivity index (χ0v) is 16.8. The van der Waals surface area contributed by atoms with Crippen molar-refractivity contribution in [2.24, 2.45) is 0 Å². The van der Waals surface area contributed by atoms with Gasteiger partial charge in [0.1, 0.15) is 5.75 Å². The van der Waals surface area contributed by atoms with E-state index in [4.69, 9.17) is 4.74 Å². The van der Waals surface area contributed by atoms with Gasteiger partial charge in [-0.15, -0.1) is 0 Å². The van der Waals surface area contributed by atoms with Gasteiger partial charge in [-0.25, -0.2) is 4.90 Å². The molecule has 0 N–H and O–H groups in total. The highest BCUT2D eigenvalue weighted by molar-refractivity contribution is 6.41. The molecule has 0 aliphatic carbocycles. The van der Waals surface area contributed by atoms with Crippen LogP contribution in [0.3, 0.4) is 0 Å². The number of benzene rings is 2. The first kappa shape index (κ1) is 19.2. The monoisotopic (exact) mass is 391 g/mol. The summed E-state index contributed by atoms with van der Waals surface area (Å²) < 4.78 is 5.20. The van der Waals surface area contributed by atoms with Crippen LogP contribution in [0.15, 0.2) is 54.7 Å². The van der Waals surface area contributed by atoms with E-state index in [1.54, 1.807) is 37.4 Å². The first-order valence-corrected chi connectivity index (χ1v) is 9.93. The molecule has 0 spiro atoms. The lowest BCUT2D eigenvalue weighted by atomic mass is 9.93. The third-order valence-corrected chi connectivity index (χ3v) is 5.58. The van der Waals surface area contributed by atoms with Crippen molar-refractivity contribution in [2.45, 2.75) is 6.92 Å². The fraction of sp³-hybridized carbons (Fsp3) is 0.304. The number of hydrogen-bond acceptors (Lipinski definition) is 5. The molecule has 2 aliphatic heterocycles. The van der Waals surface area contributed by atoms with Gasteiger partial charge in [0.2, 0.25) is 0 Å². The Hall–Kier alpha value is -3.12. The zero-order valence-electron chi connectivity index (χ0n) is 16.8. The summed E-state index contributed by atoms with van der Waals surface area (Å²) in [5, 5.41) is 0. The Labute approximate surface area is 171 Å². The van der Waals surface area contributed by atoms with Crippen LogP contribution >= 0.6 is 0 Å². The Morgan fingerprint density at radius 2 is 1.55 bits per heavy atom. The number of nitrogens with zero attached hydrogens (tertiary/aromatic N) is 3. The average Bonchev–Trinajstić information content (AvgIpc) is 2.77. The highest BCUT2D eigenvalue weighted by Gasteiger charge is 2.36. The van der Waals surface area contributed by atoms with Gasteiger partial charge in [-0.05, 0) is 36.9 Å². The van der Waals surface area contributed by atoms with Crippen LogP contribution in [0.25, 0.3) is 5.57 Å². The van der Waals surface area contributed by atoms with Gasteiger partial charge in [0.15, 0.2) is 0 Å². The summed E-state index contributed by atoms with van der Waals surface area (Å²) in [6.45, 7) is 6.86. The molecule has 6 nitrogen and oxygen atoms in total. The molecule has 150 valence electrons. The molecule has 1 saturated heterocycles. The van der Waals surface area contributed by atoms with Gasteiger partial charge in [0.25, 0.3) is 11.8 Å². The van der Waals surface area contributed by atoms with E-state index in [1.807, 2.05) is 24.4 Å². The summed E-state index contributed by atoms with van der Waals surface area (Å²) in [6.07, 6.45) is 1.93. The smallest absolute Gasteiger partial charge is 0.267 e. The number of imide groups is 1. The molecule has 1 fully saturated rings. The van der Waals surface area contributed by atoms with Crippen LogP contribution in [0.4, 0.5) is 5.69 Å². The Kier molecular flexibility index (Phi) is 5.36. The van der Waals surface area contributed by atoms with Crippen LogP contribution < -0.4 is 9.64 Å². The topological polar surface area (TPSA) is 53.1 Å². The second kappa shape index (κ2) is 8.09. The van der Waals surface area contributed by atoms with Crippen LogP contribution in [0.2, 0.25) is 0 Å². The number of carbonyl (C=O) groups is 2. The highest BCUT2D eigenvalue weighted by atomic mass is 16.5. The van der Waals surface area contributed by atoms with Gasteiger partial charge in [-0.2, -0.15) is 0 Å². The fourth-order valence-corrected chi connectivity index (χ4v) is 3.83. The standard InChI is InChI=1S/C23H25N3O3/c1-3-24-12-14-25(15-13-24)16-21-19-6-4-5-7-20(19)22(27)26(23(21)28)17-8-10-18(29-2)11-9-17/h4-11,16H,3,12-15H2,1-2H3. The Morgan fingerprint density at radius 3 is 2.17 bits per heavy atom. The van der Waals surface area contributed by atoms with E-state index in [1.165, 1.54) is 4.90 Å². The normalized spacial score (nSPS) is 18.9. The lowest BCUT2D eigenvalue weighted by molar-refractivity contribution is -0.112. The molecule has 2 aromatic carbocycles. The van der Waals surface area contributed by atoms with E-state index >= 15 is 0 Å². The van der Waals surface area contributed by atoms with Crippen molar-refractivity contribution in [3.05, 3.63) is 65.9 Å². The van der Waals surface area contributed by atoms with Crippen molar-refractivity contribution in [1.29, 1.82) is 0 Å². The Morgan fingerprint density at radius 1 is 0.897 bits per heavy atom. The Bertz CT molecular complexity index is 944. The number of fused-ring (bicyclic) bond motifs is 1. The minimum Gasteiger partial charge on any atom is -0.497 e. The van der Waals surface area contributed by atoms with Crippen LogP contribution in [-0.2, 0) is 4.79 Å². The number of anilines is 1. The third kappa shape index (κ3) is 3.63. The van der Waals surface area contributed by atoms with Gasteiger partial charge in [-0.1, -0.05) is 25.1 Å². The molecule has 0 radical (unpaired) electrons. The zero-order chi connectivity index (χ0) is 20.4. The number of rotatable bonds is 4. The van der Waals surface area contributed by atoms with Crippen LogP contribution in [0.1, 0.15) is 22.8 Å².